The second-order valence-electron chi connectivity index (χ2n) is 4.38. The van der Waals surface area contributed by atoms with Gasteiger partial charge >= 0.3 is 0 Å². The standard InChI is InChI=1S/C10H22O8S2/c1-3-19(15,16)9(20(17,18)4-2)5-7(12)10(14)8(13)6-11/h7-14H,3-6H2,1-2H3/t7-,8-,10+/m1/s1. The minimum absolute atomic E-state index is 0.428. The molecule has 0 aromatic heterocycles. The summed E-state index contributed by atoms with van der Waals surface area (Å²) in [5.41, 5.74) is 0. The van der Waals surface area contributed by atoms with Crippen LogP contribution in [0.15, 0.2) is 0 Å². The highest BCUT2D eigenvalue weighted by Crippen LogP contribution is 2.20. The third-order valence-electron chi connectivity index (χ3n) is 3.02. The first-order valence-electron chi connectivity index (χ1n) is 6.11. The Morgan fingerprint density at radius 2 is 1.25 bits per heavy atom. The van der Waals surface area contributed by atoms with Gasteiger partial charge in [-0.2, -0.15) is 0 Å². The molecule has 0 bridgehead atoms. The molecule has 0 aliphatic rings. The van der Waals surface area contributed by atoms with Crippen LogP contribution in [0.5, 0.6) is 0 Å². The number of sulfone groups is 2. The van der Waals surface area contributed by atoms with Crippen LogP contribution in [0, 0.1) is 0 Å². The zero-order chi connectivity index (χ0) is 16.1. The molecular formula is C10H22O8S2. The summed E-state index contributed by atoms with van der Waals surface area (Å²) in [6, 6.07) is 0. The van der Waals surface area contributed by atoms with Gasteiger partial charge in [0, 0.05) is 17.9 Å². The minimum atomic E-state index is -3.99. The van der Waals surface area contributed by atoms with Gasteiger partial charge < -0.3 is 20.4 Å². The lowest BCUT2D eigenvalue weighted by Gasteiger charge is -2.25. The number of hydrogen-bond acceptors (Lipinski definition) is 8. The van der Waals surface area contributed by atoms with Crippen molar-refractivity contribution in [1.29, 1.82) is 0 Å². The molecule has 0 aromatic rings. The fraction of sp³-hybridized carbons (Fsp3) is 1.00. The smallest absolute Gasteiger partial charge is 0.167 e. The van der Waals surface area contributed by atoms with E-state index in [0.717, 1.165) is 0 Å². The summed E-state index contributed by atoms with van der Waals surface area (Å²) >= 11 is 0. The van der Waals surface area contributed by atoms with Crippen molar-refractivity contribution in [3.05, 3.63) is 0 Å². The van der Waals surface area contributed by atoms with Gasteiger partial charge in [0.2, 0.25) is 0 Å². The van der Waals surface area contributed by atoms with E-state index < -0.39 is 67.1 Å². The van der Waals surface area contributed by atoms with Gasteiger partial charge in [-0.25, -0.2) is 16.8 Å². The fourth-order valence-electron chi connectivity index (χ4n) is 1.59. The molecular weight excluding hydrogens is 312 g/mol. The van der Waals surface area contributed by atoms with Crippen molar-refractivity contribution >= 4 is 19.7 Å². The van der Waals surface area contributed by atoms with Gasteiger partial charge in [0.1, 0.15) is 12.2 Å². The predicted octanol–water partition coefficient (Wildman–Crippen LogP) is -2.35. The molecule has 0 aliphatic heterocycles. The summed E-state index contributed by atoms with van der Waals surface area (Å²) < 4.78 is 45.4. The first-order chi connectivity index (χ1) is 9.03. The van der Waals surface area contributed by atoms with Crippen molar-refractivity contribution in [2.45, 2.75) is 43.2 Å². The zero-order valence-electron chi connectivity index (χ0n) is 11.4. The molecule has 10 heteroatoms. The van der Waals surface area contributed by atoms with Crippen molar-refractivity contribution in [2.75, 3.05) is 18.1 Å². The third-order valence-corrected chi connectivity index (χ3v) is 8.37. The Bertz CT molecular complexity index is 449. The first-order valence-corrected chi connectivity index (χ1v) is 9.54. The molecule has 0 heterocycles. The topological polar surface area (TPSA) is 149 Å². The molecule has 3 atom stereocenters. The van der Waals surface area contributed by atoms with Crippen LogP contribution in [0.25, 0.3) is 0 Å². The second-order valence-corrected chi connectivity index (χ2v) is 9.62. The van der Waals surface area contributed by atoms with Gasteiger partial charge in [-0.3, -0.25) is 0 Å². The molecule has 122 valence electrons. The van der Waals surface area contributed by atoms with E-state index in [1.807, 2.05) is 0 Å². The third kappa shape index (κ3) is 4.93. The highest BCUT2D eigenvalue weighted by molar-refractivity contribution is 8.09. The normalized spacial score (nSPS) is 17.9. The monoisotopic (exact) mass is 334 g/mol. The Labute approximate surface area is 118 Å². The van der Waals surface area contributed by atoms with E-state index in [2.05, 4.69) is 0 Å². The lowest BCUT2D eigenvalue weighted by Crippen LogP contribution is -2.44. The molecule has 20 heavy (non-hydrogen) atoms. The van der Waals surface area contributed by atoms with Gasteiger partial charge in [0.05, 0.1) is 12.7 Å². The first kappa shape index (κ1) is 19.7. The molecule has 0 radical (unpaired) electrons. The number of aliphatic hydroxyl groups excluding tert-OH is 4. The van der Waals surface area contributed by atoms with E-state index in [4.69, 9.17) is 5.11 Å². The summed E-state index contributed by atoms with van der Waals surface area (Å²) in [4.78, 5) is 0. The molecule has 0 amide bonds. The van der Waals surface area contributed by atoms with Crippen molar-refractivity contribution < 1.29 is 37.3 Å². The van der Waals surface area contributed by atoms with E-state index in [0.29, 0.717) is 0 Å². The SMILES string of the molecule is CCS(=O)(=O)C(C[C@@H](O)[C@H](O)[C@H](O)CO)S(=O)(=O)CC. The zero-order valence-corrected chi connectivity index (χ0v) is 13.0. The van der Waals surface area contributed by atoms with E-state index in [1.165, 1.54) is 13.8 Å². The van der Waals surface area contributed by atoms with Crippen molar-refractivity contribution in [1.82, 2.24) is 0 Å². The molecule has 0 spiro atoms. The van der Waals surface area contributed by atoms with Crippen LogP contribution in [-0.4, -0.2) is 78.3 Å². The van der Waals surface area contributed by atoms with Crippen LogP contribution >= 0.6 is 0 Å². The Hall–Kier alpha value is -0.260. The fourth-order valence-corrected chi connectivity index (χ4v) is 5.92. The van der Waals surface area contributed by atoms with Crippen molar-refractivity contribution in [3.8, 4) is 0 Å². The van der Waals surface area contributed by atoms with Crippen LogP contribution in [-0.2, 0) is 19.7 Å². The van der Waals surface area contributed by atoms with Gasteiger partial charge in [-0.05, 0) is 0 Å². The summed E-state index contributed by atoms with van der Waals surface area (Å²) in [5.74, 6) is -0.857. The Kier molecular flexibility index (Phi) is 7.56. The summed E-state index contributed by atoms with van der Waals surface area (Å²) in [7, 11) is -7.99. The number of rotatable bonds is 9. The molecule has 0 fully saturated rings. The van der Waals surface area contributed by atoms with Crippen LogP contribution in [0.1, 0.15) is 20.3 Å². The Morgan fingerprint density at radius 1 is 0.850 bits per heavy atom. The van der Waals surface area contributed by atoms with Gasteiger partial charge in [0.25, 0.3) is 0 Å². The van der Waals surface area contributed by atoms with E-state index in [-0.39, 0.29) is 0 Å². The predicted molar refractivity (Wildman–Crippen MR) is 72.4 cm³/mol. The van der Waals surface area contributed by atoms with Crippen LogP contribution in [0.4, 0.5) is 0 Å². The van der Waals surface area contributed by atoms with E-state index >= 15 is 0 Å². The highest BCUT2D eigenvalue weighted by atomic mass is 32.3. The largest absolute Gasteiger partial charge is 0.394 e. The molecule has 0 unspecified atom stereocenters. The number of aliphatic hydroxyl groups is 4. The maximum atomic E-state index is 11.8. The lowest BCUT2D eigenvalue weighted by atomic mass is 10.1. The van der Waals surface area contributed by atoms with Crippen molar-refractivity contribution in [3.63, 3.8) is 0 Å². The van der Waals surface area contributed by atoms with Crippen LogP contribution in [0.3, 0.4) is 0 Å². The maximum Gasteiger partial charge on any atom is 0.167 e. The molecule has 0 aromatic carbocycles. The van der Waals surface area contributed by atoms with Crippen molar-refractivity contribution in [2.24, 2.45) is 0 Å². The Balaban J connectivity index is 5.32. The van der Waals surface area contributed by atoms with Crippen LogP contribution in [0.2, 0.25) is 0 Å². The average molecular weight is 334 g/mol. The Morgan fingerprint density at radius 3 is 1.55 bits per heavy atom. The molecule has 0 saturated heterocycles. The second kappa shape index (κ2) is 7.66. The highest BCUT2D eigenvalue weighted by Gasteiger charge is 2.39. The molecule has 0 rings (SSSR count). The summed E-state index contributed by atoms with van der Waals surface area (Å²) in [6.07, 6.45) is -6.06. The molecule has 0 saturated carbocycles. The lowest BCUT2D eigenvalue weighted by molar-refractivity contribution is -0.0771. The summed E-state index contributed by atoms with van der Waals surface area (Å²) in [5, 5.41) is 36.9. The van der Waals surface area contributed by atoms with Gasteiger partial charge in [0.15, 0.2) is 24.3 Å². The molecule has 8 nitrogen and oxygen atoms in total. The van der Waals surface area contributed by atoms with Gasteiger partial charge in [-0.1, -0.05) is 13.8 Å². The molecule has 4 N–H and O–H groups in total. The average Bonchev–Trinajstić information content (AvgIpc) is 2.42. The maximum absolute atomic E-state index is 11.8. The quantitative estimate of drug-likeness (QED) is 0.366. The number of hydrogen-bond donors (Lipinski definition) is 4. The van der Waals surface area contributed by atoms with Gasteiger partial charge in [-0.15, -0.1) is 0 Å². The van der Waals surface area contributed by atoms with E-state index in [9.17, 15) is 32.2 Å². The molecule has 0 aliphatic carbocycles. The van der Waals surface area contributed by atoms with E-state index in [1.54, 1.807) is 0 Å². The summed E-state index contributed by atoms with van der Waals surface area (Å²) in [6.45, 7) is 1.71. The van der Waals surface area contributed by atoms with Crippen LogP contribution < -0.4 is 0 Å². The minimum Gasteiger partial charge on any atom is -0.394 e.